The van der Waals surface area contributed by atoms with Crippen LogP contribution in [0.2, 0.25) is 0 Å². The Labute approximate surface area is 182 Å². The number of amides is 2. The third-order valence-electron chi connectivity index (χ3n) is 4.04. The summed E-state index contributed by atoms with van der Waals surface area (Å²) in [6.45, 7) is 0.414. The third-order valence-corrected chi connectivity index (χ3v) is 6.07. The van der Waals surface area contributed by atoms with E-state index in [1.165, 1.54) is 0 Å². The average molecular weight is 470 g/mol. The van der Waals surface area contributed by atoms with E-state index in [9.17, 15) is 9.59 Å². The molecule has 0 unspecified atom stereocenters. The molecular formula is C22H20BrN3O2S. The molecule has 0 aliphatic rings. The van der Waals surface area contributed by atoms with Gasteiger partial charge in [0.15, 0.2) is 0 Å². The molecular weight excluding hydrogens is 450 g/mol. The predicted octanol–water partition coefficient (Wildman–Crippen LogP) is 4.90. The molecule has 0 saturated carbocycles. The van der Waals surface area contributed by atoms with Crippen molar-refractivity contribution in [3.63, 3.8) is 0 Å². The molecule has 0 fully saturated rings. The molecule has 0 bridgehead atoms. The van der Waals surface area contributed by atoms with Gasteiger partial charge in [-0.25, -0.2) is 0 Å². The number of aromatic nitrogens is 1. The van der Waals surface area contributed by atoms with Crippen LogP contribution in [0.25, 0.3) is 0 Å². The zero-order valence-corrected chi connectivity index (χ0v) is 18.0. The van der Waals surface area contributed by atoms with E-state index in [0.29, 0.717) is 30.0 Å². The number of carbonyl (C=O) groups excluding carboxylic acids is 2. The molecule has 0 aliphatic carbocycles. The molecule has 148 valence electrons. The number of halogens is 1. The molecule has 2 aromatic carbocycles. The molecule has 0 atom stereocenters. The number of hydrogen-bond acceptors (Lipinski definition) is 4. The highest BCUT2D eigenvalue weighted by Crippen LogP contribution is 2.27. The number of nitrogens with one attached hydrogen (secondary N) is 2. The van der Waals surface area contributed by atoms with Gasteiger partial charge in [0.2, 0.25) is 5.91 Å². The number of thioether (sulfide) groups is 1. The summed E-state index contributed by atoms with van der Waals surface area (Å²) < 4.78 is 1.04. The lowest BCUT2D eigenvalue weighted by molar-refractivity contribution is -0.120. The molecule has 1 aromatic heterocycles. The maximum Gasteiger partial charge on any atom is 0.255 e. The van der Waals surface area contributed by atoms with Crippen LogP contribution < -0.4 is 10.6 Å². The Morgan fingerprint density at radius 1 is 1.00 bits per heavy atom. The maximum atomic E-state index is 12.2. The van der Waals surface area contributed by atoms with E-state index in [1.54, 1.807) is 36.3 Å². The number of pyridine rings is 1. The molecule has 3 aromatic rings. The Hall–Kier alpha value is -2.64. The lowest BCUT2D eigenvalue weighted by Gasteiger charge is -2.09. The van der Waals surface area contributed by atoms with Gasteiger partial charge in [-0.1, -0.05) is 24.3 Å². The number of rotatable bonds is 8. The summed E-state index contributed by atoms with van der Waals surface area (Å²) in [5.41, 5.74) is 2.15. The van der Waals surface area contributed by atoms with Crippen LogP contribution in [0.5, 0.6) is 0 Å². The van der Waals surface area contributed by atoms with Crippen LogP contribution in [0.3, 0.4) is 0 Å². The highest BCUT2D eigenvalue weighted by atomic mass is 79.9. The second-order valence-corrected chi connectivity index (χ2v) is 8.19. The predicted molar refractivity (Wildman–Crippen MR) is 120 cm³/mol. The minimum Gasteiger partial charge on any atom is -0.352 e. The number of hydrogen-bond donors (Lipinski definition) is 2. The van der Waals surface area contributed by atoms with Gasteiger partial charge in [-0.2, -0.15) is 0 Å². The van der Waals surface area contributed by atoms with Crippen LogP contribution in [0.1, 0.15) is 22.3 Å². The zero-order valence-electron chi connectivity index (χ0n) is 15.6. The lowest BCUT2D eigenvalue weighted by atomic mass is 10.2. The third kappa shape index (κ3) is 6.73. The van der Waals surface area contributed by atoms with Crippen molar-refractivity contribution in [1.29, 1.82) is 0 Å². The lowest BCUT2D eigenvalue weighted by Crippen LogP contribution is -2.23. The van der Waals surface area contributed by atoms with Crippen molar-refractivity contribution in [3.05, 3.63) is 88.7 Å². The molecule has 7 heteroatoms. The summed E-state index contributed by atoms with van der Waals surface area (Å²) in [4.78, 5) is 29.4. The molecule has 0 saturated heterocycles. The first kappa shape index (κ1) is 21.1. The summed E-state index contributed by atoms with van der Waals surface area (Å²) in [5, 5.41) is 5.78. The maximum absolute atomic E-state index is 12.2. The topological polar surface area (TPSA) is 71.1 Å². The van der Waals surface area contributed by atoms with E-state index in [0.717, 1.165) is 14.9 Å². The molecule has 29 heavy (non-hydrogen) atoms. The van der Waals surface area contributed by atoms with Crippen LogP contribution in [0.15, 0.2) is 82.4 Å². The Bertz CT molecular complexity index is 983. The van der Waals surface area contributed by atoms with E-state index in [2.05, 4.69) is 31.5 Å². The molecule has 5 nitrogen and oxygen atoms in total. The van der Waals surface area contributed by atoms with Gasteiger partial charge in [0.05, 0.1) is 0 Å². The van der Waals surface area contributed by atoms with Gasteiger partial charge in [-0.05, 0) is 57.9 Å². The highest BCUT2D eigenvalue weighted by molar-refractivity contribution is 9.10. The first-order valence-electron chi connectivity index (χ1n) is 9.06. The highest BCUT2D eigenvalue weighted by Gasteiger charge is 2.07. The largest absolute Gasteiger partial charge is 0.352 e. The molecule has 0 aliphatic heterocycles. The average Bonchev–Trinajstić information content (AvgIpc) is 2.74. The van der Waals surface area contributed by atoms with E-state index in [-0.39, 0.29) is 11.8 Å². The van der Waals surface area contributed by atoms with Gasteiger partial charge in [0.25, 0.3) is 5.91 Å². The minimum atomic E-state index is -0.197. The van der Waals surface area contributed by atoms with Crippen LogP contribution >= 0.6 is 27.7 Å². The summed E-state index contributed by atoms with van der Waals surface area (Å²) in [6, 6.07) is 18.7. The summed E-state index contributed by atoms with van der Waals surface area (Å²) in [7, 11) is 0. The summed E-state index contributed by atoms with van der Waals surface area (Å²) >= 11 is 5.15. The van der Waals surface area contributed by atoms with Crippen LogP contribution in [-0.2, 0) is 11.3 Å². The fourth-order valence-electron chi connectivity index (χ4n) is 2.57. The summed E-state index contributed by atoms with van der Waals surface area (Å²) in [6.07, 6.45) is 3.59. The van der Waals surface area contributed by atoms with Gasteiger partial charge in [-0.15, -0.1) is 11.8 Å². The van der Waals surface area contributed by atoms with Gasteiger partial charge in [-0.3, -0.25) is 14.6 Å². The second kappa shape index (κ2) is 10.8. The SMILES string of the molecule is O=C(CCSc1ccccc1Br)NCc1cccc(NC(=O)c2ccncc2)c1. The van der Waals surface area contributed by atoms with Crippen molar-refractivity contribution in [1.82, 2.24) is 10.3 Å². The molecule has 2 N–H and O–H groups in total. The van der Waals surface area contributed by atoms with Crippen molar-refractivity contribution >= 4 is 45.2 Å². The van der Waals surface area contributed by atoms with Crippen LogP contribution in [-0.4, -0.2) is 22.6 Å². The first-order chi connectivity index (χ1) is 14.1. The molecule has 1 heterocycles. The number of nitrogens with zero attached hydrogens (tertiary/aromatic N) is 1. The van der Waals surface area contributed by atoms with Gasteiger partial charge < -0.3 is 10.6 Å². The molecule has 0 radical (unpaired) electrons. The Balaban J connectivity index is 1.45. The van der Waals surface area contributed by atoms with Crippen molar-refractivity contribution in [2.45, 2.75) is 17.9 Å². The van der Waals surface area contributed by atoms with E-state index < -0.39 is 0 Å². The summed E-state index contributed by atoms with van der Waals surface area (Å²) in [5.74, 6) is 0.504. The van der Waals surface area contributed by atoms with E-state index >= 15 is 0 Å². The fourth-order valence-corrected chi connectivity index (χ4v) is 4.09. The smallest absolute Gasteiger partial charge is 0.255 e. The van der Waals surface area contributed by atoms with E-state index in [1.807, 2.05) is 48.5 Å². The van der Waals surface area contributed by atoms with Gasteiger partial charge in [0, 0.05) is 51.7 Å². The molecule has 0 spiro atoms. The Morgan fingerprint density at radius 3 is 2.59 bits per heavy atom. The first-order valence-corrected chi connectivity index (χ1v) is 10.8. The molecule has 2 amide bonds. The van der Waals surface area contributed by atoms with Crippen LogP contribution in [0, 0.1) is 0 Å². The van der Waals surface area contributed by atoms with Crippen LogP contribution in [0.4, 0.5) is 5.69 Å². The zero-order chi connectivity index (χ0) is 20.5. The van der Waals surface area contributed by atoms with Gasteiger partial charge in [0.1, 0.15) is 0 Å². The van der Waals surface area contributed by atoms with Crippen molar-refractivity contribution in [2.75, 3.05) is 11.1 Å². The van der Waals surface area contributed by atoms with Gasteiger partial charge >= 0.3 is 0 Å². The quantitative estimate of drug-likeness (QED) is 0.460. The van der Waals surface area contributed by atoms with E-state index in [4.69, 9.17) is 0 Å². The van der Waals surface area contributed by atoms with Crippen molar-refractivity contribution in [2.24, 2.45) is 0 Å². The minimum absolute atomic E-state index is 0.00391. The standard InChI is InChI=1S/C22H20BrN3O2S/c23-19-6-1-2-7-20(19)29-13-10-21(27)25-15-16-4-3-5-18(14-16)26-22(28)17-8-11-24-12-9-17/h1-9,11-12,14H,10,13,15H2,(H,25,27)(H,26,28). The Kier molecular flexibility index (Phi) is 7.84. The second-order valence-electron chi connectivity index (χ2n) is 6.20. The van der Waals surface area contributed by atoms with Crippen molar-refractivity contribution in [3.8, 4) is 0 Å². The molecule has 3 rings (SSSR count). The van der Waals surface area contributed by atoms with Crippen molar-refractivity contribution < 1.29 is 9.59 Å². The monoisotopic (exact) mass is 469 g/mol. The number of benzene rings is 2. The normalized spacial score (nSPS) is 10.4. The number of anilines is 1. The Morgan fingerprint density at radius 2 is 1.79 bits per heavy atom. The number of carbonyl (C=O) groups is 2. The fraction of sp³-hybridized carbons (Fsp3) is 0.136.